The Balaban J connectivity index is 1.81. The number of likely N-dealkylation sites (tertiary alicyclic amines) is 1. The largest absolute Gasteiger partial charge is 0.480 e. The van der Waals surface area contributed by atoms with E-state index in [1.54, 1.807) is 6.20 Å². The van der Waals surface area contributed by atoms with Gasteiger partial charge in [0.25, 0.3) is 0 Å². The van der Waals surface area contributed by atoms with E-state index in [2.05, 4.69) is 28.2 Å². The predicted molar refractivity (Wildman–Crippen MR) is 140 cm³/mol. The molecule has 1 aromatic heterocycles. The van der Waals surface area contributed by atoms with Gasteiger partial charge < -0.3 is 31.4 Å². The standard InChI is InChI=1S/C25H35N5O5S/c1-14(2)10-17(26)22(31)29-20(13-36)23(32)28-19(24(33)30-9-5-8-21(30)25(34)35)11-15-12-27-18-7-4-3-6-16(15)18/h3-4,6-7,12,14,17,19-21,27,36H,5,8-11,13,26H2,1-2H3,(H,28,32)(H,29,31)(H,34,35). The molecule has 0 saturated carbocycles. The number of aromatic nitrogens is 1. The molecule has 4 unspecified atom stereocenters. The van der Waals surface area contributed by atoms with Crippen LogP contribution in [0.5, 0.6) is 0 Å². The third-order valence-corrected chi connectivity index (χ3v) is 6.78. The van der Waals surface area contributed by atoms with Crippen molar-refractivity contribution in [2.24, 2.45) is 11.7 Å². The molecule has 196 valence electrons. The van der Waals surface area contributed by atoms with Gasteiger partial charge in [0.15, 0.2) is 0 Å². The minimum atomic E-state index is -1.07. The molecule has 0 spiro atoms. The summed E-state index contributed by atoms with van der Waals surface area (Å²) in [5.41, 5.74) is 7.64. The lowest BCUT2D eigenvalue weighted by atomic mass is 10.0. The van der Waals surface area contributed by atoms with E-state index < -0.39 is 47.9 Å². The van der Waals surface area contributed by atoms with Crippen LogP contribution >= 0.6 is 12.6 Å². The van der Waals surface area contributed by atoms with Gasteiger partial charge in [-0.2, -0.15) is 12.6 Å². The van der Waals surface area contributed by atoms with Gasteiger partial charge in [-0.1, -0.05) is 32.0 Å². The second-order valence-corrected chi connectivity index (χ2v) is 10.00. The van der Waals surface area contributed by atoms with Crippen molar-refractivity contribution in [1.82, 2.24) is 20.5 Å². The van der Waals surface area contributed by atoms with Gasteiger partial charge in [-0.3, -0.25) is 14.4 Å². The molecule has 1 aromatic carbocycles. The summed E-state index contributed by atoms with van der Waals surface area (Å²) in [5, 5.41) is 15.9. The lowest BCUT2D eigenvalue weighted by molar-refractivity contribution is -0.149. The number of H-pyrrole nitrogens is 1. The molecular formula is C25H35N5O5S. The zero-order chi connectivity index (χ0) is 26.4. The summed E-state index contributed by atoms with van der Waals surface area (Å²) in [5.74, 6) is -2.39. The number of carbonyl (C=O) groups is 4. The van der Waals surface area contributed by atoms with Gasteiger partial charge >= 0.3 is 5.97 Å². The smallest absolute Gasteiger partial charge is 0.326 e. The normalized spacial score (nSPS) is 18.1. The van der Waals surface area contributed by atoms with Gasteiger partial charge in [-0.15, -0.1) is 0 Å². The molecule has 0 bridgehead atoms. The van der Waals surface area contributed by atoms with Gasteiger partial charge in [0.2, 0.25) is 17.7 Å². The van der Waals surface area contributed by atoms with Crippen LogP contribution in [0, 0.1) is 5.92 Å². The number of benzene rings is 1. The molecule has 1 saturated heterocycles. The van der Waals surface area contributed by atoms with Gasteiger partial charge in [0, 0.05) is 35.8 Å². The Morgan fingerprint density at radius 3 is 2.53 bits per heavy atom. The Morgan fingerprint density at radius 1 is 1.17 bits per heavy atom. The number of hydrogen-bond donors (Lipinski definition) is 6. The molecule has 36 heavy (non-hydrogen) atoms. The summed E-state index contributed by atoms with van der Waals surface area (Å²) in [7, 11) is 0. The summed E-state index contributed by atoms with van der Waals surface area (Å²) in [6.45, 7) is 4.19. The van der Waals surface area contributed by atoms with Crippen molar-refractivity contribution in [1.29, 1.82) is 0 Å². The number of fused-ring (bicyclic) bond motifs is 1. The number of aromatic amines is 1. The maximum Gasteiger partial charge on any atom is 0.326 e. The first kappa shape index (κ1) is 27.5. The highest BCUT2D eigenvalue weighted by Crippen LogP contribution is 2.23. The molecule has 2 heterocycles. The maximum atomic E-state index is 13.5. The zero-order valence-electron chi connectivity index (χ0n) is 20.6. The molecule has 1 fully saturated rings. The number of aliphatic carboxylic acids is 1. The highest BCUT2D eigenvalue weighted by Gasteiger charge is 2.38. The summed E-state index contributed by atoms with van der Waals surface area (Å²) in [6, 6.07) is 3.84. The number of carbonyl (C=O) groups excluding carboxylic acids is 3. The molecule has 3 rings (SSSR count). The van der Waals surface area contributed by atoms with E-state index in [4.69, 9.17) is 5.73 Å². The number of carboxylic acids is 1. The summed E-state index contributed by atoms with van der Waals surface area (Å²) in [4.78, 5) is 55.4. The van der Waals surface area contributed by atoms with Crippen molar-refractivity contribution in [3.8, 4) is 0 Å². The molecule has 11 heteroatoms. The van der Waals surface area contributed by atoms with Crippen LogP contribution in [0.4, 0.5) is 0 Å². The van der Waals surface area contributed by atoms with E-state index >= 15 is 0 Å². The van der Waals surface area contributed by atoms with E-state index in [-0.39, 0.29) is 18.1 Å². The Bertz CT molecular complexity index is 1100. The highest BCUT2D eigenvalue weighted by molar-refractivity contribution is 7.80. The summed E-state index contributed by atoms with van der Waals surface area (Å²) < 4.78 is 0. The fraction of sp³-hybridized carbons (Fsp3) is 0.520. The Labute approximate surface area is 215 Å². The monoisotopic (exact) mass is 517 g/mol. The quantitative estimate of drug-likeness (QED) is 0.245. The maximum absolute atomic E-state index is 13.5. The van der Waals surface area contributed by atoms with Crippen molar-refractivity contribution in [2.75, 3.05) is 12.3 Å². The van der Waals surface area contributed by atoms with Gasteiger partial charge in [-0.25, -0.2) is 4.79 Å². The Kier molecular flexibility index (Phi) is 9.38. The Morgan fingerprint density at radius 2 is 1.86 bits per heavy atom. The Hall–Kier alpha value is -3.05. The van der Waals surface area contributed by atoms with Crippen LogP contribution in [0.15, 0.2) is 30.5 Å². The van der Waals surface area contributed by atoms with E-state index in [1.807, 2.05) is 38.1 Å². The molecule has 0 aliphatic carbocycles. The van der Waals surface area contributed by atoms with Crippen molar-refractivity contribution in [3.05, 3.63) is 36.0 Å². The molecule has 2 aromatic rings. The number of thiol groups is 1. The SMILES string of the molecule is CC(C)CC(N)C(=O)NC(CS)C(=O)NC(Cc1c[nH]c2ccccc12)C(=O)N1CCCC1C(=O)O. The minimum Gasteiger partial charge on any atom is -0.480 e. The predicted octanol–water partition coefficient (Wildman–Crippen LogP) is 1.06. The third-order valence-electron chi connectivity index (χ3n) is 6.41. The average molecular weight is 518 g/mol. The number of rotatable bonds is 11. The van der Waals surface area contributed by atoms with Crippen molar-refractivity contribution >= 4 is 47.2 Å². The molecule has 1 aliphatic heterocycles. The van der Waals surface area contributed by atoms with Crippen molar-refractivity contribution < 1.29 is 24.3 Å². The van der Waals surface area contributed by atoms with Crippen LogP contribution in [0.2, 0.25) is 0 Å². The summed E-state index contributed by atoms with van der Waals surface area (Å²) in [6.07, 6.45) is 3.31. The van der Waals surface area contributed by atoms with Gasteiger partial charge in [-0.05, 0) is 36.8 Å². The number of amides is 3. The second kappa shape index (κ2) is 12.3. The minimum absolute atomic E-state index is 0.00142. The van der Waals surface area contributed by atoms with Crippen LogP contribution in [0.1, 0.15) is 38.7 Å². The topological polar surface area (TPSA) is 158 Å². The molecule has 10 nitrogen and oxygen atoms in total. The van der Waals surface area contributed by atoms with Gasteiger partial charge in [0.05, 0.1) is 6.04 Å². The highest BCUT2D eigenvalue weighted by atomic mass is 32.1. The molecule has 4 atom stereocenters. The molecular weight excluding hydrogens is 482 g/mol. The summed E-state index contributed by atoms with van der Waals surface area (Å²) >= 11 is 4.21. The molecule has 6 N–H and O–H groups in total. The number of nitrogens with zero attached hydrogens (tertiary/aromatic N) is 1. The first-order chi connectivity index (χ1) is 17.1. The van der Waals surface area contributed by atoms with Crippen LogP contribution in [0.25, 0.3) is 10.9 Å². The lowest BCUT2D eigenvalue weighted by Crippen LogP contribution is -2.58. The van der Waals surface area contributed by atoms with Crippen LogP contribution in [-0.4, -0.2) is 75.1 Å². The third kappa shape index (κ3) is 6.58. The fourth-order valence-electron chi connectivity index (χ4n) is 4.57. The van der Waals surface area contributed by atoms with E-state index in [0.717, 1.165) is 16.5 Å². The zero-order valence-corrected chi connectivity index (χ0v) is 21.5. The molecule has 0 radical (unpaired) electrons. The number of nitrogens with one attached hydrogen (secondary N) is 3. The average Bonchev–Trinajstić information content (AvgIpc) is 3.48. The fourth-order valence-corrected chi connectivity index (χ4v) is 4.83. The van der Waals surface area contributed by atoms with Crippen LogP contribution < -0.4 is 16.4 Å². The van der Waals surface area contributed by atoms with E-state index in [1.165, 1.54) is 4.90 Å². The first-order valence-corrected chi connectivity index (χ1v) is 12.8. The van der Waals surface area contributed by atoms with E-state index in [0.29, 0.717) is 25.8 Å². The lowest BCUT2D eigenvalue weighted by Gasteiger charge is -2.28. The first-order valence-electron chi connectivity index (χ1n) is 12.2. The van der Waals surface area contributed by atoms with Crippen LogP contribution in [0.3, 0.4) is 0 Å². The van der Waals surface area contributed by atoms with Crippen molar-refractivity contribution in [2.45, 2.75) is 63.7 Å². The van der Waals surface area contributed by atoms with Gasteiger partial charge in [0.1, 0.15) is 18.1 Å². The van der Waals surface area contributed by atoms with Crippen LogP contribution in [-0.2, 0) is 25.6 Å². The van der Waals surface area contributed by atoms with E-state index in [9.17, 15) is 24.3 Å². The van der Waals surface area contributed by atoms with Crippen molar-refractivity contribution in [3.63, 3.8) is 0 Å². The second-order valence-electron chi connectivity index (χ2n) is 9.63. The number of nitrogens with two attached hydrogens (primary N) is 1. The number of para-hydroxylation sites is 1. The number of hydrogen-bond acceptors (Lipinski definition) is 6. The number of carboxylic acid groups (broad SMARTS) is 1. The molecule has 1 aliphatic rings. The molecule has 3 amide bonds.